The Hall–Kier alpha value is -4.24. The van der Waals surface area contributed by atoms with E-state index in [0.29, 0.717) is 59.7 Å². The Morgan fingerprint density at radius 1 is 0.953 bits per heavy atom. The normalized spacial score (nSPS) is 16.4. The van der Waals surface area contributed by atoms with Crippen LogP contribution in [-0.2, 0) is 11.3 Å². The van der Waals surface area contributed by atoms with E-state index < -0.39 is 11.8 Å². The van der Waals surface area contributed by atoms with Gasteiger partial charge in [0.05, 0.1) is 35.4 Å². The Morgan fingerprint density at radius 3 is 2.49 bits per heavy atom. The number of fused-ring (bicyclic) bond motifs is 1. The second kappa shape index (κ2) is 12.6. The minimum Gasteiger partial charge on any atom is -0.489 e. The highest BCUT2D eigenvalue weighted by Gasteiger charge is 2.25. The summed E-state index contributed by atoms with van der Waals surface area (Å²) >= 11 is 0. The first-order valence-electron chi connectivity index (χ1n) is 15.0. The molecule has 2 heterocycles. The molecule has 1 aromatic heterocycles. The molecule has 1 saturated carbocycles. The molecule has 224 valence electrons. The number of carbonyl (C=O) groups excluding carboxylic acids is 2. The number of aliphatic hydroxyl groups is 1. The van der Waals surface area contributed by atoms with E-state index in [1.54, 1.807) is 41.3 Å². The van der Waals surface area contributed by atoms with Crippen LogP contribution >= 0.6 is 0 Å². The fourth-order valence-electron chi connectivity index (χ4n) is 6.22. The van der Waals surface area contributed by atoms with Crippen molar-refractivity contribution in [2.24, 2.45) is 0 Å². The van der Waals surface area contributed by atoms with Crippen molar-refractivity contribution < 1.29 is 28.6 Å². The SMILES string of the molecule is COC(=O)c1ccc2c(c1)nc(-c1ccc(OCc3cccc(C(=O)N4CCC(O)CC4)c3)cc1F)n2C1CCCCC1. The van der Waals surface area contributed by atoms with Crippen molar-refractivity contribution in [3.8, 4) is 17.1 Å². The van der Waals surface area contributed by atoms with Crippen LogP contribution in [0.2, 0.25) is 0 Å². The molecule has 1 aliphatic heterocycles. The van der Waals surface area contributed by atoms with Crippen molar-refractivity contribution in [1.29, 1.82) is 0 Å². The maximum atomic E-state index is 15.7. The summed E-state index contributed by atoms with van der Waals surface area (Å²) < 4.78 is 28.7. The number of halogens is 1. The lowest BCUT2D eigenvalue weighted by molar-refractivity contribution is 0.0545. The van der Waals surface area contributed by atoms with Gasteiger partial charge in [-0.2, -0.15) is 0 Å². The Kier molecular flexibility index (Phi) is 8.42. The number of amides is 1. The van der Waals surface area contributed by atoms with Gasteiger partial charge >= 0.3 is 5.97 Å². The number of aliphatic hydroxyl groups excluding tert-OH is 1. The molecule has 43 heavy (non-hydrogen) atoms. The molecule has 1 saturated heterocycles. The molecular weight excluding hydrogens is 549 g/mol. The second-order valence-corrected chi connectivity index (χ2v) is 11.4. The third-order valence-corrected chi connectivity index (χ3v) is 8.56. The number of benzene rings is 3. The molecule has 2 aliphatic rings. The number of carbonyl (C=O) groups is 2. The van der Waals surface area contributed by atoms with E-state index in [9.17, 15) is 14.7 Å². The first-order chi connectivity index (χ1) is 20.9. The van der Waals surface area contributed by atoms with Crippen molar-refractivity contribution in [3.05, 3.63) is 83.2 Å². The molecule has 0 radical (unpaired) electrons. The van der Waals surface area contributed by atoms with Gasteiger partial charge in [-0.3, -0.25) is 4.79 Å². The minimum absolute atomic E-state index is 0.0660. The first kappa shape index (κ1) is 28.9. The van der Waals surface area contributed by atoms with Crippen LogP contribution in [0.5, 0.6) is 5.75 Å². The van der Waals surface area contributed by atoms with Gasteiger partial charge < -0.3 is 24.0 Å². The van der Waals surface area contributed by atoms with Gasteiger partial charge in [0.2, 0.25) is 0 Å². The van der Waals surface area contributed by atoms with E-state index >= 15 is 4.39 Å². The number of methoxy groups -OCH3 is 1. The fourth-order valence-corrected chi connectivity index (χ4v) is 6.22. The van der Waals surface area contributed by atoms with Crippen LogP contribution < -0.4 is 4.74 Å². The number of imidazole rings is 1. The van der Waals surface area contributed by atoms with Crippen LogP contribution in [0, 0.1) is 5.82 Å². The number of hydrogen-bond donors (Lipinski definition) is 1. The predicted molar refractivity (Wildman–Crippen MR) is 161 cm³/mol. The third-order valence-electron chi connectivity index (χ3n) is 8.56. The van der Waals surface area contributed by atoms with Gasteiger partial charge in [-0.25, -0.2) is 14.2 Å². The maximum absolute atomic E-state index is 15.7. The van der Waals surface area contributed by atoms with Crippen LogP contribution in [0.3, 0.4) is 0 Å². The monoisotopic (exact) mass is 585 g/mol. The lowest BCUT2D eigenvalue weighted by Gasteiger charge is -2.29. The zero-order valence-electron chi connectivity index (χ0n) is 24.3. The summed E-state index contributed by atoms with van der Waals surface area (Å²) in [5.74, 6) is -0.0525. The molecule has 6 rings (SSSR count). The average molecular weight is 586 g/mol. The van der Waals surface area contributed by atoms with E-state index in [4.69, 9.17) is 14.5 Å². The zero-order chi connectivity index (χ0) is 29.9. The van der Waals surface area contributed by atoms with E-state index in [0.717, 1.165) is 36.8 Å². The van der Waals surface area contributed by atoms with E-state index in [1.807, 2.05) is 18.2 Å². The molecule has 8 nitrogen and oxygen atoms in total. The van der Waals surface area contributed by atoms with Gasteiger partial charge in [0.15, 0.2) is 0 Å². The van der Waals surface area contributed by atoms with Crippen molar-refractivity contribution >= 4 is 22.9 Å². The summed E-state index contributed by atoms with van der Waals surface area (Å²) in [6.45, 7) is 1.25. The molecule has 0 atom stereocenters. The van der Waals surface area contributed by atoms with Gasteiger partial charge in [0.25, 0.3) is 5.91 Å². The Bertz CT molecular complexity index is 1640. The average Bonchev–Trinajstić information content (AvgIpc) is 3.42. The lowest BCUT2D eigenvalue weighted by Crippen LogP contribution is -2.40. The van der Waals surface area contributed by atoms with Gasteiger partial charge in [-0.1, -0.05) is 31.4 Å². The van der Waals surface area contributed by atoms with E-state index in [-0.39, 0.29) is 24.7 Å². The summed E-state index contributed by atoms with van der Waals surface area (Å²) in [6.07, 6.45) is 6.19. The summed E-state index contributed by atoms with van der Waals surface area (Å²) in [5, 5.41) is 9.74. The molecule has 2 fully saturated rings. The summed E-state index contributed by atoms with van der Waals surface area (Å²) in [7, 11) is 1.34. The topological polar surface area (TPSA) is 93.9 Å². The van der Waals surface area contributed by atoms with Crippen LogP contribution in [0.15, 0.2) is 60.7 Å². The summed E-state index contributed by atoms with van der Waals surface area (Å²) in [5.41, 5.74) is 3.62. The van der Waals surface area contributed by atoms with Gasteiger partial charge in [0.1, 0.15) is 24.0 Å². The molecular formula is C34H36FN3O5. The molecule has 9 heteroatoms. The quantitative estimate of drug-likeness (QED) is 0.256. The van der Waals surface area contributed by atoms with Crippen LogP contribution in [0.1, 0.15) is 77.3 Å². The van der Waals surface area contributed by atoms with Crippen LogP contribution in [0.25, 0.3) is 22.4 Å². The molecule has 0 spiro atoms. The number of esters is 1. The van der Waals surface area contributed by atoms with Crippen LogP contribution in [-0.4, -0.2) is 57.7 Å². The number of hydrogen-bond acceptors (Lipinski definition) is 6. The van der Waals surface area contributed by atoms with Gasteiger partial charge in [-0.05, 0) is 73.7 Å². The van der Waals surface area contributed by atoms with Gasteiger partial charge in [0, 0.05) is 30.8 Å². The number of ether oxygens (including phenoxy) is 2. The third kappa shape index (κ3) is 6.13. The summed E-state index contributed by atoms with van der Waals surface area (Å²) in [6, 6.07) is 17.5. The van der Waals surface area contributed by atoms with Gasteiger partial charge in [-0.15, -0.1) is 0 Å². The Labute approximate surface area is 250 Å². The summed E-state index contributed by atoms with van der Waals surface area (Å²) in [4.78, 5) is 31.7. The highest BCUT2D eigenvalue weighted by molar-refractivity contribution is 5.95. The van der Waals surface area contributed by atoms with Crippen LogP contribution in [0.4, 0.5) is 4.39 Å². The van der Waals surface area contributed by atoms with E-state index in [2.05, 4.69) is 4.57 Å². The maximum Gasteiger partial charge on any atom is 0.337 e. The number of piperidine rings is 1. The standard InChI is InChI=1S/C34H36FN3O5/c1-42-34(41)24-10-13-31-30(19-24)36-32(38(31)25-8-3-2-4-9-25)28-12-11-27(20-29(28)35)43-21-22-6-5-7-23(18-22)33(40)37-16-14-26(39)15-17-37/h5-7,10-13,18-20,25-26,39H,2-4,8-9,14-17,21H2,1H3. The predicted octanol–water partition coefficient (Wildman–Crippen LogP) is 6.31. The molecule has 0 bridgehead atoms. The lowest BCUT2D eigenvalue weighted by atomic mass is 9.94. The number of likely N-dealkylation sites (tertiary alicyclic amines) is 1. The Balaban J connectivity index is 1.23. The fraction of sp³-hybridized carbons (Fsp3) is 0.382. The highest BCUT2D eigenvalue weighted by atomic mass is 19.1. The molecule has 1 N–H and O–H groups in total. The number of rotatable bonds is 7. The second-order valence-electron chi connectivity index (χ2n) is 11.4. The smallest absolute Gasteiger partial charge is 0.337 e. The molecule has 1 amide bonds. The molecule has 4 aromatic rings. The first-order valence-corrected chi connectivity index (χ1v) is 15.0. The zero-order valence-corrected chi connectivity index (χ0v) is 24.3. The van der Waals surface area contributed by atoms with Crippen molar-refractivity contribution in [2.45, 2.75) is 63.7 Å². The Morgan fingerprint density at radius 2 is 1.74 bits per heavy atom. The molecule has 0 unspecified atom stereocenters. The van der Waals surface area contributed by atoms with E-state index in [1.165, 1.54) is 19.6 Å². The van der Waals surface area contributed by atoms with Crippen molar-refractivity contribution in [2.75, 3.05) is 20.2 Å². The number of nitrogens with zero attached hydrogens (tertiary/aromatic N) is 3. The number of aromatic nitrogens is 2. The van der Waals surface area contributed by atoms with Crippen molar-refractivity contribution in [1.82, 2.24) is 14.5 Å². The van der Waals surface area contributed by atoms with Crippen molar-refractivity contribution in [3.63, 3.8) is 0 Å². The largest absolute Gasteiger partial charge is 0.489 e. The molecule has 3 aromatic carbocycles. The molecule has 1 aliphatic carbocycles. The highest BCUT2D eigenvalue weighted by Crippen LogP contribution is 2.37. The minimum atomic E-state index is -0.450.